The van der Waals surface area contributed by atoms with E-state index in [4.69, 9.17) is 11.6 Å². The fraction of sp³-hybridized carbons (Fsp3) is 0.417. The highest BCUT2D eigenvalue weighted by molar-refractivity contribution is 6.30. The van der Waals surface area contributed by atoms with Gasteiger partial charge < -0.3 is 10.6 Å². The summed E-state index contributed by atoms with van der Waals surface area (Å²) in [6.07, 6.45) is 2.40. The monoisotopic (exact) mass is 238 g/mol. The van der Waals surface area contributed by atoms with E-state index in [1.807, 2.05) is 24.3 Å². The van der Waals surface area contributed by atoms with E-state index in [-0.39, 0.29) is 5.91 Å². The van der Waals surface area contributed by atoms with Crippen LogP contribution in [0.25, 0.3) is 0 Å². The van der Waals surface area contributed by atoms with Crippen LogP contribution in [0.2, 0.25) is 5.02 Å². The van der Waals surface area contributed by atoms with Gasteiger partial charge in [-0.05, 0) is 30.5 Å². The molecule has 0 bridgehead atoms. The molecule has 86 valence electrons. The second kappa shape index (κ2) is 5.32. The zero-order valence-corrected chi connectivity index (χ0v) is 9.76. The second-order valence-corrected chi connectivity index (χ2v) is 4.49. The SMILES string of the molecule is O=C(CNC1CC1)NCc1ccc(Cl)cc1. The molecule has 0 radical (unpaired) electrons. The lowest BCUT2D eigenvalue weighted by atomic mass is 10.2. The molecule has 16 heavy (non-hydrogen) atoms. The van der Waals surface area contributed by atoms with Crippen molar-refractivity contribution in [1.82, 2.24) is 10.6 Å². The second-order valence-electron chi connectivity index (χ2n) is 4.06. The lowest BCUT2D eigenvalue weighted by Gasteiger charge is -2.06. The molecule has 3 nitrogen and oxygen atoms in total. The van der Waals surface area contributed by atoms with Crippen molar-refractivity contribution < 1.29 is 4.79 Å². The predicted molar refractivity (Wildman–Crippen MR) is 64.3 cm³/mol. The van der Waals surface area contributed by atoms with Crippen molar-refractivity contribution in [3.05, 3.63) is 34.9 Å². The van der Waals surface area contributed by atoms with E-state index in [0.717, 1.165) is 5.56 Å². The van der Waals surface area contributed by atoms with Gasteiger partial charge in [0.2, 0.25) is 5.91 Å². The molecule has 0 unspecified atom stereocenters. The van der Waals surface area contributed by atoms with E-state index in [9.17, 15) is 4.79 Å². The Balaban J connectivity index is 1.69. The number of rotatable bonds is 5. The lowest BCUT2D eigenvalue weighted by Crippen LogP contribution is -2.34. The quantitative estimate of drug-likeness (QED) is 0.820. The summed E-state index contributed by atoms with van der Waals surface area (Å²) in [7, 11) is 0. The molecule has 0 atom stereocenters. The highest BCUT2D eigenvalue weighted by Crippen LogP contribution is 2.17. The van der Waals surface area contributed by atoms with Gasteiger partial charge in [0.25, 0.3) is 0 Å². The summed E-state index contributed by atoms with van der Waals surface area (Å²) in [5.74, 6) is 0.0434. The first-order valence-corrected chi connectivity index (χ1v) is 5.86. The van der Waals surface area contributed by atoms with Crippen molar-refractivity contribution in [2.75, 3.05) is 6.54 Å². The summed E-state index contributed by atoms with van der Waals surface area (Å²) in [5.41, 5.74) is 1.06. The van der Waals surface area contributed by atoms with E-state index in [2.05, 4.69) is 10.6 Å². The van der Waals surface area contributed by atoms with Gasteiger partial charge in [-0.3, -0.25) is 4.79 Å². The Hall–Kier alpha value is -1.06. The molecule has 2 N–H and O–H groups in total. The number of hydrogen-bond acceptors (Lipinski definition) is 2. The largest absolute Gasteiger partial charge is 0.351 e. The van der Waals surface area contributed by atoms with Crippen molar-refractivity contribution in [2.45, 2.75) is 25.4 Å². The summed E-state index contributed by atoms with van der Waals surface area (Å²) in [6.45, 7) is 0.973. The molecule has 4 heteroatoms. The summed E-state index contributed by atoms with van der Waals surface area (Å²) in [5, 5.41) is 6.74. The molecule has 0 spiro atoms. The first-order valence-electron chi connectivity index (χ1n) is 5.48. The van der Waals surface area contributed by atoms with Gasteiger partial charge in [-0.2, -0.15) is 0 Å². The number of carbonyl (C=O) groups is 1. The molecular formula is C12H15ClN2O. The van der Waals surface area contributed by atoms with Gasteiger partial charge in [0, 0.05) is 17.6 Å². The Morgan fingerprint density at radius 1 is 1.31 bits per heavy atom. The van der Waals surface area contributed by atoms with E-state index >= 15 is 0 Å². The molecule has 1 aliphatic carbocycles. The maximum atomic E-state index is 11.4. The Morgan fingerprint density at radius 2 is 2.00 bits per heavy atom. The first kappa shape index (κ1) is 11.4. The molecule has 0 aliphatic heterocycles. The Labute approximate surface area is 100 Å². The number of halogens is 1. The molecular weight excluding hydrogens is 224 g/mol. The van der Waals surface area contributed by atoms with Crippen molar-refractivity contribution in [1.29, 1.82) is 0 Å². The lowest BCUT2D eigenvalue weighted by molar-refractivity contribution is -0.120. The molecule has 2 rings (SSSR count). The Morgan fingerprint density at radius 3 is 2.62 bits per heavy atom. The van der Waals surface area contributed by atoms with Crippen LogP contribution in [-0.2, 0) is 11.3 Å². The predicted octanol–water partition coefficient (Wildman–Crippen LogP) is 1.71. The van der Waals surface area contributed by atoms with Gasteiger partial charge in [0.1, 0.15) is 0 Å². The highest BCUT2D eigenvalue weighted by Gasteiger charge is 2.20. The molecule has 1 amide bonds. The smallest absolute Gasteiger partial charge is 0.234 e. The molecule has 0 aromatic heterocycles. The Bertz CT molecular complexity index is 360. The maximum Gasteiger partial charge on any atom is 0.234 e. The number of carbonyl (C=O) groups excluding carboxylic acids is 1. The van der Waals surface area contributed by atoms with E-state index in [1.54, 1.807) is 0 Å². The summed E-state index contributed by atoms with van der Waals surface area (Å²) >= 11 is 5.77. The van der Waals surface area contributed by atoms with Crippen molar-refractivity contribution in [2.24, 2.45) is 0 Å². The summed E-state index contributed by atoms with van der Waals surface area (Å²) in [4.78, 5) is 11.4. The maximum absolute atomic E-state index is 11.4. The van der Waals surface area contributed by atoms with Crippen LogP contribution in [-0.4, -0.2) is 18.5 Å². The normalized spacial score (nSPS) is 14.8. The van der Waals surface area contributed by atoms with Crippen LogP contribution in [0.4, 0.5) is 0 Å². The van der Waals surface area contributed by atoms with E-state index < -0.39 is 0 Å². The third-order valence-corrected chi connectivity index (χ3v) is 2.78. The van der Waals surface area contributed by atoms with Crippen LogP contribution in [0.5, 0.6) is 0 Å². The van der Waals surface area contributed by atoms with Crippen molar-refractivity contribution in [3.63, 3.8) is 0 Å². The topological polar surface area (TPSA) is 41.1 Å². The number of amides is 1. The van der Waals surface area contributed by atoms with Gasteiger partial charge in [0.15, 0.2) is 0 Å². The van der Waals surface area contributed by atoms with Gasteiger partial charge >= 0.3 is 0 Å². The van der Waals surface area contributed by atoms with E-state index in [1.165, 1.54) is 12.8 Å². The van der Waals surface area contributed by atoms with Gasteiger partial charge in [0.05, 0.1) is 6.54 Å². The third-order valence-electron chi connectivity index (χ3n) is 2.53. The Kier molecular flexibility index (Phi) is 3.80. The van der Waals surface area contributed by atoms with Crippen LogP contribution >= 0.6 is 11.6 Å². The minimum Gasteiger partial charge on any atom is -0.351 e. The van der Waals surface area contributed by atoms with Crippen LogP contribution in [0.3, 0.4) is 0 Å². The number of hydrogen-bond donors (Lipinski definition) is 2. The first-order chi connectivity index (χ1) is 7.74. The summed E-state index contributed by atoms with van der Waals surface area (Å²) in [6, 6.07) is 8.05. The van der Waals surface area contributed by atoms with Crippen LogP contribution in [0.1, 0.15) is 18.4 Å². The van der Waals surface area contributed by atoms with Crippen molar-refractivity contribution >= 4 is 17.5 Å². The zero-order valence-electron chi connectivity index (χ0n) is 9.00. The van der Waals surface area contributed by atoms with Crippen LogP contribution in [0, 0.1) is 0 Å². The van der Waals surface area contributed by atoms with E-state index in [0.29, 0.717) is 24.2 Å². The minimum absolute atomic E-state index is 0.0434. The highest BCUT2D eigenvalue weighted by atomic mass is 35.5. The van der Waals surface area contributed by atoms with Gasteiger partial charge in [-0.15, -0.1) is 0 Å². The van der Waals surface area contributed by atoms with Crippen LogP contribution in [0.15, 0.2) is 24.3 Å². The molecule has 1 aliphatic rings. The molecule has 0 saturated heterocycles. The average Bonchev–Trinajstić information content (AvgIpc) is 3.09. The molecule has 0 heterocycles. The molecule has 1 aromatic rings. The standard InChI is InChI=1S/C12H15ClN2O/c13-10-3-1-9(2-4-10)7-15-12(16)8-14-11-5-6-11/h1-4,11,14H,5-8H2,(H,15,16). The minimum atomic E-state index is 0.0434. The molecule has 1 saturated carbocycles. The summed E-state index contributed by atoms with van der Waals surface area (Å²) < 4.78 is 0. The molecule has 1 aromatic carbocycles. The third kappa shape index (κ3) is 3.83. The number of benzene rings is 1. The molecule has 1 fully saturated rings. The average molecular weight is 239 g/mol. The fourth-order valence-corrected chi connectivity index (χ4v) is 1.52. The number of nitrogens with one attached hydrogen (secondary N) is 2. The van der Waals surface area contributed by atoms with Gasteiger partial charge in [-0.1, -0.05) is 23.7 Å². The zero-order chi connectivity index (χ0) is 11.4. The fourth-order valence-electron chi connectivity index (χ4n) is 1.39. The van der Waals surface area contributed by atoms with Gasteiger partial charge in [-0.25, -0.2) is 0 Å². The van der Waals surface area contributed by atoms with Crippen LogP contribution < -0.4 is 10.6 Å². The van der Waals surface area contributed by atoms with Crippen molar-refractivity contribution in [3.8, 4) is 0 Å².